The molecule has 1 aliphatic rings. The average molecular weight is 238 g/mol. The summed E-state index contributed by atoms with van der Waals surface area (Å²) in [6, 6.07) is 0. The van der Waals surface area contributed by atoms with Crippen LogP contribution in [-0.4, -0.2) is 35.1 Å². The van der Waals surface area contributed by atoms with Crippen molar-refractivity contribution in [2.75, 3.05) is 18.0 Å². The molecule has 1 fully saturated rings. The highest BCUT2D eigenvalue weighted by atomic mass is 16.5. The van der Waals surface area contributed by atoms with Crippen LogP contribution >= 0.6 is 0 Å². The van der Waals surface area contributed by atoms with Crippen LogP contribution in [0.15, 0.2) is 0 Å². The number of hydrogen-bond donors (Lipinski definition) is 1. The summed E-state index contributed by atoms with van der Waals surface area (Å²) in [4.78, 5) is 2.33. The molecule has 0 aromatic carbocycles. The van der Waals surface area contributed by atoms with Gasteiger partial charge in [-0.3, -0.25) is 4.68 Å². The van der Waals surface area contributed by atoms with Crippen LogP contribution in [0.5, 0.6) is 0 Å². The summed E-state index contributed by atoms with van der Waals surface area (Å²) in [5.74, 6) is 1.15. The molecule has 0 aliphatic carbocycles. The summed E-state index contributed by atoms with van der Waals surface area (Å²) in [6.07, 6.45) is 0.499. The van der Waals surface area contributed by atoms with Gasteiger partial charge in [0.2, 0.25) is 0 Å². The fraction of sp³-hybridized carbons (Fsp3) is 0.750. The molecule has 0 amide bonds. The normalized spacial score (nSPS) is 25.4. The molecule has 0 saturated carbocycles. The second kappa shape index (κ2) is 4.66. The van der Waals surface area contributed by atoms with E-state index in [0.717, 1.165) is 30.2 Å². The van der Waals surface area contributed by atoms with E-state index in [-0.39, 0.29) is 12.2 Å². The van der Waals surface area contributed by atoms with Crippen molar-refractivity contribution in [3.8, 4) is 0 Å². The number of rotatable bonds is 2. The topological polar surface area (TPSA) is 56.3 Å². The molecule has 2 N–H and O–H groups in total. The number of nitrogens with two attached hydrogens (primary N) is 1. The standard InChI is InChI=1S/C12H22N4O/c1-8-6-16(7-9(2)17-8)12-11(5-13)10(3)14-15(12)4/h8-9H,5-7,13H2,1-4H3. The van der Waals surface area contributed by atoms with Crippen LogP contribution < -0.4 is 10.6 Å². The van der Waals surface area contributed by atoms with Gasteiger partial charge in [-0.2, -0.15) is 5.10 Å². The quantitative estimate of drug-likeness (QED) is 0.828. The van der Waals surface area contributed by atoms with Crippen molar-refractivity contribution in [1.82, 2.24) is 9.78 Å². The third-order valence-electron chi connectivity index (χ3n) is 3.24. The minimum atomic E-state index is 0.250. The van der Waals surface area contributed by atoms with Gasteiger partial charge in [-0.25, -0.2) is 0 Å². The zero-order valence-corrected chi connectivity index (χ0v) is 11.1. The summed E-state index contributed by atoms with van der Waals surface area (Å²) in [5, 5.41) is 4.46. The molecule has 1 aromatic rings. The summed E-state index contributed by atoms with van der Waals surface area (Å²) in [7, 11) is 1.98. The van der Waals surface area contributed by atoms with Gasteiger partial charge < -0.3 is 15.4 Å². The SMILES string of the molecule is Cc1nn(C)c(N2CC(C)OC(C)C2)c1CN. The highest BCUT2D eigenvalue weighted by Crippen LogP contribution is 2.25. The van der Waals surface area contributed by atoms with Gasteiger partial charge in [0.05, 0.1) is 17.9 Å². The molecule has 2 atom stereocenters. The molecule has 0 radical (unpaired) electrons. The van der Waals surface area contributed by atoms with Gasteiger partial charge in [-0.1, -0.05) is 0 Å². The molecular weight excluding hydrogens is 216 g/mol. The predicted molar refractivity (Wildman–Crippen MR) is 68.1 cm³/mol. The van der Waals surface area contributed by atoms with Gasteiger partial charge in [0, 0.05) is 32.2 Å². The minimum absolute atomic E-state index is 0.250. The Hall–Kier alpha value is -1.07. The van der Waals surface area contributed by atoms with Gasteiger partial charge >= 0.3 is 0 Å². The third kappa shape index (κ3) is 2.30. The average Bonchev–Trinajstić information content (AvgIpc) is 2.51. The molecule has 0 spiro atoms. The van der Waals surface area contributed by atoms with Gasteiger partial charge in [-0.05, 0) is 20.8 Å². The molecule has 0 bridgehead atoms. The summed E-state index contributed by atoms with van der Waals surface area (Å²) < 4.78 is 7.69. The Morgan fingerprint density at radius 3 is 2.47 bits per heavy atom. The Morgan fingerprint density at radius 2 is 1.94 bits per heavy atom. The minimum Gasteiger partial charge on any atom is -0.372 e. The summed E-state index contributed by atoms with van der Waals surface area (Å²) in [6.45, 7) is 8.56. The molecular formula is C12H22N4O. The molecule has 17 heavy (non-hydrogen) atoms. The second-order valence-corrected chi connectivity index (χ2v) is 4.88. The van der Waals surface area contributed by atoms with Gasteiger partial charge in [0.1, 0.15) is 5.82 Å². The molecule has 2 rings (SSSR count). The number of hydrogen-bond acceptors (Lipinski definition) is 4. The first-order valence-corrected chi connectivity index (χ1v) is 6.15. The van der Waals surface area contributed by atoms with Crippen LogP contribution in [0.3, 0.4) is 0 Å². The van der Waals surface area contributed by atoms with Crippen LogP contribution in [-0.2, 0) is 18.3 Å². The summed E-state index contributed by atoms with van der Waals surface area (Å²) in [5.41, 5.74) is 8.00. The van der Waals surface area contributed by atoms with E-state index < -0.39 is 0 Å². The van der Waals surface area contributed by atoms with E-state index in [4.69, 9.17) is 10.5 Å². The maximum Gasteiger partial charge on any atom is 0.131 e. The number of aryl methyl sites for hydroxylation is 2. The van der Waals surface area contributed by atoms with Gasteiger partial charge in [0.15, 0.2) is 0 Å². The van der Waals surface area contributed by atoms with E-state index in [1.807, 2.05) is 18.7 Å². The molecule has 2 heterocycles. The zero-order chi connectivity index (χ0) is 12.6. The van der Waals surface area contributed by atoms with Crippen molar-refractivity contribution >= 4 is 5.82 Å². The van der Waals surface area contributed by atoms with Gasteiger partial charge in [0.25, 0.3) is 0 Å². The maximum absolute atomic E-state index is 5.83. The highest BCUT2D eigenvalue weighted by Gasteiger charge is 2.26. The lowest BCUT2D eigenvalue weighted by molar-refractivity contribution is -0.00569. The highest BCUT2D eigenvalue weighted by molar-refractivity contribution is 5.50. The lowest BCUT2D eigenvalue weighted by Crippen LogP contribution is -2.46. The van der Waals surface area contributed by atoms with Crippen molar-refractivity contribution in [3.63, 3.8) is 0 Å². The molecule has 5 heteroatoms. The van der Waals surface area contributed by atoms with Crippen molar-refractivity contribution in [3.05, 3.63) is 11.3 Å². The van der Waals surface area contributed by atoms with E-state index in [1.54, 1.807) is 0 Å². The van der Waals surface area contributed by atoms with Crippen LogP contribution in [0.2, 0.25) is 0 Å². The number of ether oxygens (including phenoxy) is 1. The van der Waals surface area contributed by atoms with Crippen LogP contribution in [0.25, 0.3) is 0 Å². The Kier molecular flexibility index (Phi) is 3.40. The van der Waals surface area contributed by atoms with Crippen LogP contribution in [0.1, 0.15) is 25.1 Å². The molecule has 96 valence electrons. The van der Waals surface area contributed by atoms with E-state index in [1.165, 1.54) is 0 Å². The van der Waals surface area contributed by atoms with E-state index in [0.29, 0.717) is 6.54 Å². The maximum atomic E-state index is 5.83. The fourth-order valence-electron chi connectivity index (χ4n) is 2.68. The number of aromatic nitrogens is 2. The molecule has 1 saturated heterocycles. The monoisotopic (exact) mass is 238 g/mol. The van der Waals surface area contributed by atoms with Gasteiger partial charge in [-0.15, -0.1) is 0 Å². The number of nitrogens with zero attached hydrogens (tertiary/aromatic N) is 3. The Labute approximate surface area is 103 Å². The fourth-order valence-corrected chi connectivity index (χ4v) is 2.68. The second-order valence-electron chi connectivity index (χ2n) is 4.88. The van der Waals surface area contributed by atoms with Crippen molar-refractivity contribution in [1.29, 1.82) is 0 Å². The Balaban J connectivity index is 2.32. The van der Waals surface area contributed by atoms with Crippen LogP contribution in [0, 0.1) is 6.92 Å². The van der Waals surface area contributed by atoms with E-state index >= 15 is 0 Å². The lowest BCUT2D eigenvalue weighted by Gasteiger charge is -2.37. The largest absolute Gasteiger partial charge is 0.372 e. The first-order chi connectivity index (χ1) is 8.02. The van der Waals surface area contributed by atoms with E-state index in [2.05, 4.69) is 23.8 Å². The number of morpholine rings is 1. The molecule has 2 unspecified atom stereocenters. The lowest BCUT2D eigenvalue weighted by atomic mass is 10.2. The van der Waals surface area contributed by atoms with Crippen molar-refractivity contribution < 1.29 is 4.74 Å². The predicted octanol–water partition coefficient (Wildman–Crippen LogP) is 0.801. The Morgan fingerprint density at radius 1 is 1.35 bits per heavy atom. The molecule has 5 nitrogen and oxygen atoms in total. The Bertz CT molecular complexity index is 391. The third-order valence-corrected chi connectivity index (χ3v) is 3.24. The van der Waals surface area contributed by atoms with E-state index in [9.17, 15) is 0 Å². The van der Waals surface area contributed by atoms with Crippen molar-refractivity contribution in [2.45, 2.75) is 39.5 Å². The smallest absolute Gasteiger partial charge is 0.131 e. The first kappa shape index (κ1) is 12.4. The van der Waals surface area contributed by atoms with Crippen LogP contribution in [0.4, 0.5) is 5.82 Å². The molecule has 1 aromatic heterocycles. The zero-order valence-electron chi connectivity index (χ0n) is 11.1. The number of anilines is 1. The first-order valence-electron chi connectivity index (χ1n) is 6.15. The summed E-state index contributed by atoms with van der Waals surface area (Å²) >= 11 is 0. The van der Waals surface area contributed by atoms with Crippen molar-refractivity contribution in [2.24, 2.45) is 12.8 Å². The molecule has 1 aliphatic heterocycles.